The van der Waals surface area contributed by atoms with Crippen LogP contribution in [0.15, 0.2) is 0 Å². The molecule has 2 aliphatic rings. The first-order valence-corrected chi connectivity index (χ1v) is 6.79. The Balaban J connectivity index is 1.72. The number of hydrogen-bond donors (Lipinski definition) is 1. The summed E-state index contributed by atoms with van der Waals surface area (Å²) in [6.45, 7) is 5.71. The standard InChI is InChI=1S/C13H26N2O/c1-11(7-9-16-2)15-8-3-4-13(15)10-14-12-5-6-12/h11-14H,3-10H2,1-2H3. The first-order chi connectivity index (χ1) is 7.81. The van der Waals surface area contributed by atoms with Crippen LogP contribution >= 0.6 is 0 Å². The van der Waals surface area contributed by atoms with Crippen molar-refractivity contribution in [3.8, 4) is 0 Å². The maximum Gasteiger partial charge on any atom is 0.0477 e. The molecule has 0 bridgehead atoms. The minimum absolute atomic E-state index is 0.674. The predicted octanol–water partition coefficient (Wildman–Crippen LogP) is 1.63. The first kappa shape index (κ1) is 12.3. The van der Waals surface area contributed by atoms with E-state index in [-0.39, 0.29) is 0 Å². The fourth-order valence-electron chi connectivity index (χ4n) is 2.70. The third kappa shape index (κ3) is 3.44. The Morgan fingerprint density at radius 2 is 2.19 bits per heavy atom. The van der Waals surface area contributed by atoms with Crippen LogP contribution in [0.2, 0.25) is 0 Å². The summed E-state index contributed by atoms with van der Waals surface area (Å²) in [4.78, 5) is 2.68. The van der Waals surface area contributed by atoms with E-state index in [0.717, 1.165) is 25.1 Å². The van der Waals surface area contributed by atoms with Crippen molar-refractivity contribution in [2.45, 2.75) is 57.2 Å². The highest BCUT2D eigenvalue weighted by Crippen LogP contribution is 2.23. The van der Waals surface area contributed by atoms with Crippen LogP contribution in [0.25, 0.3) is 0 Å². The molecule has 16 heavy (non-hydrogen) atoms. The highest BCUT2D eigenvalue weighted by molar-refractivity contribution is 4.88. The van der Waals surface area contributed by atoms with E-state index in [1.54, 1.807) is 7.11 Å². The van der Waals surface area contributed by atoms with Crippen LogP contribution in [-0.4, -0.2) is 49.8 Å². The molecule has 1 aliphatic carbocycles. The SMILES string of the molecule is COCCC(C)N1CCCC1CNC1CC1. The smallest absolute Gasteiger partial charge is 0.0477 e. The third-order valence-electron chi connectivity index (χ3n) is 3.95. The zero-order valence-electron chi connectivity index (χ0n) is 10.7. The largest absolute Gasteiger partial charge is 0.385 e. The van der Waals surface area contributed by atoms with Crippen molar-refractivity contribution < 1.29 is 4.74 Å². The van der Waals surface area contributed by atoms with E-state index in [1.165, 1.54) is 38.8 Å². The van der Waals surface area contributed by atoms with Crippen molar-refractivity contribution in [2.24, 2.45) is 0 Å². The van der Waals surface area contributed by atoms with Crippen molar-refractivity contribution in [3.05, 3.63) is 0 Å². The molecule has 2 unspecified atom stereocenters. The number of ether oxygens (including phenoxy) is 1. The van der Waals surface area contributed by atoms with E-state index in [4.69, 9.17) is 4.74 Å². The molecule has 2 atom stereocenters. The van der Waals surface area contributed by atoms with Gasteiger partial charge in [0, 0.05) is 38.4 Å². The highest BCUT2D eigenvalue weighted by atomic mass is 16.5. The van der Waals surface area contributed by atoms with Crippen LogP contribution in [-0.2, 0) is 4.74 Å². The second-order valence-electron chi connectivity index (χ2n) is 5.35. The average Bonchev–Trinajstić information content (AvgIpc) is 3.00. The molecule has 94 valence electrons. The number of nitrogens with one attached hydrogen (secondary N) is 1. The fourth-order valence-corrected chi connectivity index (χ4v) is 2.70. The van der Waals surface area contributed by atoms with Gasteiger partial charge in [0.2, 0.25) is 0 Å². The number of hydrogen-bond acceptors (Lipinski definition) is 3. The molecule has 0 amide bonds. The topological polar surface area (TPSA) is 24.5 Å². The zero-order valence-corrected chi connectivity index (χ0v) is 10.7. The van der Waals surface area contributed by atoms with Gasteiger partial charge >= 0.3 is 0 Å². The van der Waals surface area contributed by atoms with Gasteiger partial charge in [-0.2, -0.15) is 0 Å². The van der Waals surface area contributed by atoms with Crippen LogP contribution in [0, 0.1) is 0 Å². The molecule has 2 rings (SSSR count). The lowest BCUT2D eigenvalue weighted by molar-refractivity contribution is 0.129. The second-order valence-corrected chi connectivity index (χ2v) is 5.35. The van der Waals surface area contributed by atoms with Crippen molar-refractivity contribution in [2.75, 3.05) is 26.8 Å². The van der Waals surface area contributed by atoms with E-state index < -0.39 is 0 Å². The average molecular weight is 226 g/mol. The Kier molecular flexibility index (Phi) is 4.62. The van der Waals surface area contributed by atoms with Crippen molar-refractivity contribution in [1.82, 2.24) is 10.2 Å². The number of methoxy groups -OCH3 is 1. The fraction of sp³-hybridized carbons (Fsp3) is 1.00. The van der Waals surface area contributed by atoms with E-state index >= 15 is 0 Å². The summed E-state index contributed by atoms with van der Waals surface area (Å²) in [6, 6.07) is 2.29. The second kappa shape index (κ2) is 5.99. The summed E-state index contributed by atoms with van der Waals surface area (Å²) in [6.07, 6.45) is 6.69. The van der Waals surface area contributed by atoms with Crippen LogP contribution in [0.1, 0.15) is 39.0 Å². The Morgan fingerprint density at radius 3 is 2.88 bits per heavy atom. The Hall–Kier alpha value is -0.120. The highest BCUT2D eigenvalue weighted by Gasteiger charge is 2.30. The van der Waals surface area contributed by atoms with E-state index in [1.807, 2.05) is 0 Å². The van der Waals surface area contributed by atoms with E-state index in [9.17, 15) is 0 Å². The van der Waals surface area contributed by atoms with Gasteiger partial charge in [0.25, 0.3) is 0 Å². The summed E-state index contributed by atoms with van der Waals surface area (Å²) >= 11 is 0. The Bertz CT molecular complexity index is 206. The minimum Gasteiger partial charge on any atom is -0.385 e. The van der Waals surface area contributed by atoms with Crippen LogP contribution < -0.4 is 5.32 Å². The number of nitrogens with zero attached hydrogens (tertiary/aromatic N) is 1. The summed E-state index contributed by atoms with van der Waals surface area (Å²) in [7, 11) is 1.79. The van der Waals surface area contributed by atoms with Gasteiger partial charge in [-0.25, -0.2) is 0 Å². The molecular formula is C13H26N2O. The quantitative estimate of drug-likeness (QED) is 0.714. The molecule has 0 aromatic carbocycles. The molecule has 1 aliphatic heterocycles. The third-order valence-corrected chi connectivity index (χ3v) is 3.95. The normalized spacial score (nSPS) is 28.5. The molecule has 1 saturated carbocycles. The van der Waals surface area contributed by atoms with Crippen molar-refractivity contribution in [3.63, 3.8) is 0 Å². The predicted molar refractivity (Wildman–Crippen MR) is 66.7 cm³/mol. The van der Waals surface area contributed by atoms with E-state index in [2.05, 4.69) is 17.1 Å². The van der Waals surface area contributed by atoms with Crippen LogP contribution in [0.4, 0.5) is 0 Å². The lowest BCUT2D eigenvalue weighted by Gasteiger charge is -2.30. The van der Waals surface area contributed by atoms with Crippen molar-refractivity contribution >= 4 is 0 Å². The van der Waals surface area contributed by atoms with Gasteiger partial charge in [0.1, 0.15) is 0 Å². The molecule has 3 heteroatoms. The number of rotatable bonds is 7. The van der Waals surface area contributed by atoms with Gasteiger partial charge in [-0.15, -0.1) is 0 Å². The van der Waals surface area contributed by atoms with Crippen molar-refractivity contribution in [1.29, 1.82) is 0 Å². The molecule has 1 saturated heterocycles. The molecule has 3 nitrogen and oxygen atoms in total. The summed E-state index contributed by atoms with van der Waals surface area (Å²) in [5.74, 6) is 0. The molecule has 2 fully saturated rings. The van der Waals surface area contributed by atoms with Gasteiger partial charge in [0.05, 0.1) is 0 Å². The summed E-state index contributed by atoms with van der Waals surface area (Å²) < 4.78 is 5.17. The first-order valence-electron chi connectivity index (χ1n) is 6.79. The molecule has 0 radical (unpaired) electrons. The molecule has 0 aromatic rings. The number of likely N-dealkylation sites (tertiary alicyclic amines) is 1. The van der Waals surface area contributed by atoms with Crippen LogP contribution in [0.3, 0.4) is 0 Å². The molecule has 1 N–H and O–H groups in total. The van der Waals surface area contributed by atoms with Gasteiger partial charge < -0.3 is 10.1 Å². The van der Waals surface area contributed by atoms with Crippen LogP contribution in [0.5, 0.6) is 0 Å². The molecular weight excluding hydrogens is 200 g/mol. The van der Waals surface area contributed by atoms with Gasteiger partial charge in [-0.3, -0.25) is 4.90 Å². The lowest BCUT2D eigenvalue weighted by Crippen LogP contribution is -2.43. The molecule has 0 spiro atoms. The lowest BCUT2D eigenvalue weighted by atomic mass is 10.1. The van der Waals surface area contributed by atoms with Gasteiger partial charge in [-0.1, -0.05) is 0 Å². The monoisotopic (exact) mass is 226 g/mol. The summed E-state index contributed by atoms with van der Waals surface area (Å²) in [5, 5.41) is 3.67. The maximum absolute atomic E-state index is 5.17. The van der Waals surface area contributed by atoms with Gasteiger partial charge in [-0.05, 0) is 45.6 Å². The molecule has 0 aromatic heterocycles. The maximum atomic E-state index is 5.17. The molecule has 1 heterocycles. The summed E-state index contributed by atoms with van der Waals surface area (Å²) in [5.41, 5.74) is 0. The minimum atomic E-state index is 0.674. The van der Waals surface area contributed by atoms with E-state index in [0.29, 0.717) is 6.04 Å². The Morgan fingerprint density at radius 1 is 1.38 bits per heavy atom. The zero-order chi connectivity index (χ0) is 11.4. The van der Waals surface area contributed by atoms with Gasteiger partial charge in [0.15, 0.2) is 0 Å². The Labute approximate surface area is 99.5 Å².